The SMILES string of the molecule is CSCc1ccc(CN(C)CCc2cn(C)c3ccccc23)cc1. The summed E-state index contributed by atoms with van der Waals surface area (Å²) in [4.78, 5) is 2.41. The largest absolute Gasteiger partial charge is 0.350 e. The number of hydrogen-bond acceptors (Lipinski definition) is 2. The van der Waals surface area contributed by atoms with Gasteiger partial charge in [0.05, 0.1) is 0 Å². The van der Waals surface area contributed by atoms with Crippen LogP contribution in [0.25, 0.3) is 10.9 Å². The summed E-state index contributed by atoms with van der Waals surface area (Å²) in [5.41, 5.74) is 5.56. The average Bonchev–Trinajstić information content (AvgIpc) is 2.92. The van der Waals surface area contributed by atoms with Gasteiger partial charge in [-0.2, -0.15) is 11.8 Å². The molecule has 0 aliphatic rings. The van der Waals surface area contributed by atoms with Crippen molar-refractivity contribution in [1.82, 2.24) is 9.47 Å². The van der Waals surface area contributed by atoms with Gasteiger partial charge in [-0.15, -0.1) is 0 Å². The molecule has 2 nitrogen and oxygen atoms in total. The fraction of sp³-hybridized carbons (Fsp3) is 0.333. The second kappa shape index (κ2) is 7.91. The van der Waals surface area contributed by atoms with Crippen LogP contribution in [0, 0.1) is 0 Å². The Bertz CT molecular complexity index is 789. The van der Waals surface area contributed by atoms with E-state index in [9.17, 15) is 0 Å². The summed E-state index contributed by atoms with van der Waals surface area (Å²) in [5, 5.41) is 1.38. The van der Waals surface area contributed by atoms with Crippen LogP contribution in [0.1, 0.15) is 16.7 Å². The molecule has 24 heavy (non-hydrogen) atoms. The van der Waals surface area contributed by atoms with E-state index in [0.717, 1.165) is 25.3 Å². The van der Waals surface area contributed by atoms with Gasteiger partial charge < -0.3 is 9.47 Å². The number of hydrogen-bond donors (Lipinski definition) is 0. The van der Waals surface area contributed by atoms with Crippen LogP contribution in [0.15, 0.2) is 54.7 Å². The van der Waals surface area contributed by atoms with Crippen molar-refractivity contribution in [3.8, 4) is 0 Å². The minimum atomic E-state index is 1.00. The van der Waals surface area contributed by atoms with Crippen molar-refractivity contribution in [1.29, 1.82) is 0 Å². The van der Waals surface area contributed by atoms with Gasteiger partial charge in [-0.05, 0) is 42.5 Å². The van der Waals surface area contributed by atoms with E-state index in [-0.39, 0.29) is 0 Å². The first kappa shape index (κ1) is 17.1. The van der Waals surface area contributed by atoms with Crippen molar-refractivity contribution < 1.29 is 0 Å². The predicted octanol–water partition coefficient (Wildman–Crippen LogP) is 4.72. The van der Waals surface area contributed by atoms with Crippen molar-refractivity contribution in [3.63, 3.8) is 0 Å². The summed E-state index contributed by atoms with van der Waals surface area (Å²) in [6.07, 6.45) is 5.51. The van der Waals surface area contributed by atoms with Crippen molar-refractivity contribution in [2.75, 3.05) is 19.8 Å². The number of fused-ring (bicyclic) bond motifs is 1. The minimum Gasteiger partial charge on any atom is -0.350 e. The van der Waals surface area contributed by atoms with E-state index in [2.05, 4.69) is 84.5 Å². The molecule has 3 aromatic rings. The number of benzene rings is 2. The standard InChI is InChI=1S/C21H26N2S/c1-22(14-17-8-10-18(11-9-17)16-24-3)13-12-19-15-23(2)21-7-5-4-6-20(19)21/h4-11,15H,12-14,16H2,1-3H3. The zero-order valence-corrected chi connectivity index (χ0v) is 15.6. The van der Waals surface area contributed by atoms with Gasteiger partial charge in [-0.1, -0.05) is 42.5 Å². The molecule has 126 valence electrons. The Balaban J connectivity index is 1.59. The fourth-order valence-corrected chi connectivity index (χ4v) is 3.76. The lowest BCUT2D eigenvalue weighted by Crippen LogP contribution is -2.20. The molecule has 2 aromatic carbocycles. The van der Waals surface area contributed by atoms with E-state index in [1.807, 2.05) is 11.8 Å². The van der Waals surface area contributed by atoms with Gasteiger partial charge in [0.25, 0.3) is 0 Å². The zero-order chi connectivity index (χ0) is 16.9. The molecule has 0 N–H and O–H groups in total. The average molecular weight is 339 g/mol. The fourth-order valence-electron chi connectivity index (χ4n) is 3.23. The highest BCUT2D eigenvalue weighted by Crippen LogP contribution is 2.21. The van der Waals surface area contributed by atoms with Crippen molar-refractivity contribution in [2.24, 2.45) is 7.05 Å². The van der Waals surface area contributed by atoms with Crippen LogP contribution in [-0.2, 0) is 25.8 Å². The number of likely N-dealkylation sites (N-methyl/N-ethyl adjacent to an activating group) is 1. The molecule has 0 atom stereocenters. The third kappa shape index (κ3) is 4.03. The monoisotopic (exact) mass is 338 g/mol. The summed E-state index contributed by atoms with van der Waals surface area (Å²) >= 11 is 1.87. The van der Waals surface area contributed by atoms with Crippen LogP contribution >= 0.6 is 11.8 Å². The zero-order valence-electron chi connectivity index (χ0n) is 14.8. The normalized spacial score (nSPS) is 11.5. The van der Waals surface area contributed by atoms with Gasteiger partial charge in [0.1, 0.15) is 0 Å². The van der Waals surface area contributed by atoms with Crippen LogP contribution in [0.2, 0.25) is 0 Å². The quantitative estimate of drug-likeness (QED) is 0.616. The van der Waals surface area contributed by atoms with E-state index in [1.54, 1.807) is 0 Å². The number of para-hydroxylation sites is 1. The first-order valence-corrected chi connectivity index (χ1v) is 9.85. The highest BCUT2D eigenvalue weighted by molar-refractivity contribution is 7.97. The molecular formula is C21H26N2S. The molecule has 3 heteroatoms. The number of thioether (sulfide) groups is 1. The first-order valence-electron chi connectivity index (χ1n) is 8.45. The van der Waals surface area contributed by atoms with Gasteiger partial charge in [0, 0.05) is 43.0 Å². The van der Waals surface area contributed by atoms with Gasteiger partial charge in [-0.25, -0.2) is 0 Å². The molecule has 0 saturated carbocycles. The Kier molecular flexibility index (Phi) is 5.64. The number of nitrogens with zero attached hydrogens (tertiary/aromatic N) is 2. The lowest BCUT2D eigenvalue weighted by molar-refractivity contribution is 0.331. The maximum absolute atomic E-state index is 2.41. The topological polar surface area (TPSA) is 8.17 Å². The Labute approximate surface area is 149 Å². The van der Waals surface area contributed by atoms with Crippen LogP contribution in [-0.4, -0.2) is 29.3 Å². The molecular weight excluding hydrogens is 312 g/mol. The van der Waals surface area contributed by atoms with Crippen molar-refractivity contribution in [3.05, 3.63) is 71.4 Å². The summed E-state index contributed by atoms with van der Waals surface area (Å²) in [5.74, 6) is 1.09. The molecule has 0 aliphatic carbocycles. The molecule has 0 radical (unpaired) electrons. The Morgan fingerprint density at radius 1 is 1.00 bits per heavy atom. The van der Waals surface area contributed by atoms with Gasteiger partial charge in [0.2, 0.25) is 0 Å². The summed E-state index contributed by atoms with van der Waals surface area (Å²) in [6, 6.07) is 17.7. The van der Waals surface area contributed by atoms with Gasteiger partial charge in [0.15, 0.2) is 0 Å². The van der Waals surface area contributed by atoms with E-state index < -0.39 is 0 Å². The lowest BCUT2D eigenvalue weighted by atomic mass is 10.1. The van der Waals surface area contributed by atoms with Crippen molar-refractivity contribution >= 4 is 22.7 Å². The van der Waals surface area contributed by atoms with Crippen molar-refractivity contribution in [2.45, 2.75) is 18.7 Å². The molecule has 3 rings (SSSR count). The molecule has 0 fully saturated rings. The Morgan fingerprint density at radius 3 is 2.46 bits per heavy atom. The van der Waals surface area contributed by atoms with Gasteiger partial charge in [-0.3, -0.25) is 0 Å². The van der Waals surface area contributed by atoms with Crippen LogP contribution in [0.5, 0.6) is 0 Å². The third-order valence-electron chi connectivity index (χ3n) is 4.53. The number of aromatic nitrogens is 1. The molecule has 0 unspecified atom stereocenters. The minimum absolute atomic E-state index is 1.00. The number of rotatable bonds is 7. The second-order valence-corrected chi connectivity index (χ2v) is 7.39. The summed E-state index contributed by atoms with van der Waals surface area (Å²) in [7, 11) is 4.34. The molecule has 0 amide bonds. The maximum Gasteiger partial charge on any atom is 0.0480 e. The molecule has 0 aliphatic heterocycles. The van der Waals surface area contributed by atoms with E-state index in [0.29, 0.717) is 0 Å². The van der Waals surface area contributed by atoms with E-state index >= 15 is 0 Å². The molecule has 1 heterocycles. The Hall–Kier alpha value is -1.71. The second-order valence-electron chi connectivity index (χ2n) is 6.52. The summed E-state index contributed by atoms with van der Waals surface area (Å²) in [6.45, 7) is 2.07. The van der Waals surface area contributed by atoms with Crippen LogP contribution < -0.4 is 0 Å². The highest BCUT2D eigenvalue weighted by Gasteiger charge is 2.07. The summed E-state index contributed by atoms with van der Waals surface area (Å²) < 4.78 is 2.23. The predicted molar refractivity (Wildman–Crippen MR) is 107 cm³/mol. The smallest absolute Gasteiger partial charge is 0.0480 e. The molecule has 1 aromatic heterocycles. The lowest BCUT2D eigenvalue weighted by Gasteiger charge is -2.16. The van der Waals surface area contributed by atoms with Crippen LogP contribution in [0.3, 0.4) is 0 Å². The van der Waals surface area contributed by atoms with E-state index in [4.69, 9.17) is 0 Å². The molecule has 0 bridgehead atoms. The van der Waals surface area contributed by atoms with Crippen LogP contribution in [0.4, 0.5) is 0 Å². The molecule has 0 saturated heterocycles. The third-order valence-corrected chi connectivity index (χ3v) is 5.15. The number of aryl methyl sites for hydroxylation is 1. The van der Waals surface area contributed by atoms with Gasteiger partial charge >= 0.3 is 0 Å². The maximum atomic E-state index is 2.41. The molecule has 0 spiro atoms. The highest BCUT2D eigenvalue weighted by atomic mass is 32.2. The van der Waals surface area contributed by atoms with E-state index in [1.165, 1.54) is 27.6 Å². The Morgan fingerprint density at radius 2 is 1.71 bits per heavy atom. The first-order chi connectivity index (χ1) is 11.7.